The fraction of sp³-hybridized carbons (Fsp3) is 0.462. The second-order valence-electron chi connectivity index (χ2n) is 4.73. The maximum atomic E-state index is 13.6. The lowest BCUT2D eigenvalue weighted by molar-refractivity contribution is 0.321. The minimum absolute atomic E-state index is 0.210. The van der Waals surface area contributed by atoms with Gasteiger partial charge < -0.3 is 10.6 Å². The fourth-order valence-corrected chi connectivity index (χ4v) is 2.26. The molecule has 0 atom stereocenters. The van der Waals surface area contributed by atoms with Crippen LogP contribution in [-0.2, 0) is 0 Å². The molecule has 0 aliphatic heterocycles. The molecule has 1 aromatic carbocycles. The lowest BCUT2D eigenvalue weighted by Gasteiger charge is -2.32. The molecule has 0 saturated heterocycles. The van der Waals surface area contributed by atoms with Gasteiger partial charge in [-0.05, 0) is 30.9 Å². The predicted octanol–water partition coefficient (Wildman–Crippen LogP) is 2.35. The summed E-state index contributed by atoms with van der Waals surface area (Å²) in [6.45, 7) is 0.906. The third-order valence-corrected chi connectivity index (χ3v) is 3.43. The molecule has 92 valence electrons. The van der Waals surface area contributed by atoms with Crippen molar-refractivity contribution in [3.05, 3.63) is 29.6 Å². The highest BCUT2D eigenvalue weighted by atomic mass is 19.1. The monoisotopic (exact) mass is 235 g/mol. The van der Waals surface area contributed by atoms with E-state index >= 15 is 0 Å². The van der Waals surface area contributed by atoms with Gasteiger partial charge in [-0.1, -0.05) is 12.5 Å². The van der Waals surface area contributed by atoms with E-state index in [1.54, 1.807) is 6.07 Å². The standard InChI is InChI=1S/C13H18FN3/c1-17(8-9-4-2-5-9)11-7-3-6-10(14)12(11)13(15)16/h3,6-7,9H,2,4-5,8H2,1H3,(H3,15,16). The zero-order valence-electron chi connectivity index (χ0n) is 10.0. The van der Waals surface area contributed by atoms with Crippen LogP contribution in [0.3, 0.4) is 0 Å². The Morgan fingerprint density at radius 1 is 1.53 bits per heavy atom. The largest absolute Gasteiger partial charge is 0.384 e. The average molecular weight is 235 g/mol. The Kier molecular flexibility index (Phi) is 3.31. The highest BCUT2D eigenvalue weighted by Gasteiger charge is 2.21. The third-order valence-electron chi connectivity index (χ3n) is 3.43. The van der Waals surface area contributed by atoms with Crippen molar-refractivity contribution in [3.8, 4) is 0 Å². The molecule has 0 unspecified atom stereocenters. The second-order valence-corrected chi connectivity index (χ2v) is 4.73. The lowest BCUT2D eigenvalue weighted by Crippen LogP contribution is -2.31. The minimum atomic E-state index is -0.421. The van der Waals surface area contributed by atoms with Gasteiger partial charge in [0, 0.05) is 13.6 Å². The number of benzene rings is 1. The van der Waals surface area contributed by atoms with Crippen LogP contribution >= 0.6 is 0 Å². The summed E-state index contributed by atoms with van der Waals surface area (Å²) in [6.07, 6.45) is 3.78. The van der Waals surface area contributed by atoms with Crippen LogP contribution in [0.5, 0.6) is 0 Å². The fourth-order valence-electron chi connectivity index (χ4n) is 2.26. The van der Waals surface area contributed by atoms with Gasteiger partial charge >= 0.3 is 0 Å². The van der Waals surface area contributed by atoms with Crippen LogP contribution in [-0.4, -0.2) is 19.4 Å². The van der Waals surface area contributed by atoms with Gasteiger partial charge in [0.05, 0.1) is 11.3 Å². The van der Waals surface area contributed by atoms with Gasteiger partial charge in [-0.2, -0.15) is 0 Å². The van der Waals surface area contributed by atoms with E-state index in [4.69, 9.17) is 11.1 Å². The van der Waals surface area contributed by atoms with Crippen LogP contribution in [0.25, 0.3) is 0 Å². The van der Waals surface area contributed by atoms with Gasteiger partial charge in [-0.15, -0.1) is 0 Å². The molecule has 3 N–H and O–H groups in total. The van der Waals surface area contributed by atoms with Gasteiger partial charge in [0.2, 0.25) is 0 Å². The predicted molar refractivity (Wildman–Crippen MR) is 68.0 cm³/mol. The van der Waals surface area contributed by atoms with Crippen molar-refractivity contribution in [1.82, 2.24) is 0 Å². The van der Waals surface area contributed by atoms with E-state index in [0.717, 1.165) is 6.54 Å². The molecule has 0 heterocycles. The number of hydrogen-bond donors (Lipinski definition) is 2. The maximum Gasteiger partial charge on any atom is 0.136 e. The first kappa shape index (κ1) is 11.9. The van der Waals surface area contributed by atoms with Crippen LogP contribution in [0.1, 0.15) is 24.8 Å². The molecule has 0 aromatic heterocycles. The second kappa shape index (κ2) is 4.73. The quantitative estimate of drug-likeness (QED) is 0.621. The number of hydrogen-bond acceptors (Lipinski definition) is 2. The van der Waals surface area contributed by atoms with E-state index < -0.39 is 5.82 Å². The first-order valence-corrected chi connectivity index (χ1v) is 5.93. The number of nitrogens with two attached hydrogens (primary N) is 1. The molecule has 0 radical (unpaired) electrons. The average Bonchev–Trinajstić information content (AvgIpc) is 2.22. The summed E-state index contributed by atoms with van der Waals surface area (Å²) in [7, 11) is 1.93. The van der Waals surface area contributed by atoms with E-state index in [1.165, 1.54) is 25.3 Å². The summed E-state index contributed by atoms with van der Waals surface area (Å²) in [6, 6.07) is 4.82. The molecule has 2 rings (SSSR count). The molecular formula is C13H18FN3. The Morgan fingerprint density at radius 2 is 2.24 bits per heavy atom. The normalized spacial score (nSPS) is 15.4. The zero-order valence-corrected chi connectivity index (χ0v) is 10.0. The number of nitrogens with one attached hydrogen (secondary N) is 1. The highest BCUT2D eigenvalue weighted by Crippen LogP contribution is 2.30. The zero-order chi connectivity index (χ0) is 12.4. The van der Waals surface area contributed by atoms with Crippen LogP contribution < -0.4 is 10.6 Å². The van der Waals surface area contributed by atoms with Crippen LogP contribution in [0.15, 0.2) is 18.2 Å². The molecule has 0 amide bonds. The molecule has 1 aliphatic carbocycles. The van der Waals surface area contributed by atoms with Gasteiger partial charge in [0.25, 0.3) is 0 Å². The number of nitrogens with zero attached hydrogens (tertiary/aromatic N) is 1. The first-order valence-electron chi connectivity index (χ1n) is 5.93. The number of anilines is 1. The number of rotatable bonds is 4. The van der Waals surface area contributed by atoms with Crippen molar-refractivity contribution >= 4 is 11.5 Å². The topological polar surface area (TPSA) is 53.1 Å². The van der Waals surface area contributed by atoms with Gasteiger partial charge in [0.1, 0.15) is 11.7 Å². The molecule has 1 fully saturated rings. The summed E-state index contributed by atoms with van der Waals surface area (Å²) in [5, 5.41) is 7.46. The molecule has 1 aliphatic rings. The van der Waals surface area contributed by atoms with Gasteiger partial charge in [-0.25, -0.2) is 4.39 Å². The molecule has 0 spiro atoms. The number of amidine groups is 1. The highest BCUT2D eigenvalue weighted by molar-refractivity contribution is 6.00. The van der Waals surface area contributed by atoms with Crippen LogP contribution in [0.4, 0.5) is 10.1 Å². The molecule has 1 saturated carbocycles. The molecule has 1 aromatic rings. The summed E-state index contributed by atoms with van der Waals surface area (Å²) in [5.74, 6) is 0.0668. The van der Waals surface area contributed by atoms with E-state index in [2.05, 4.69) is 0 Å². The minimum Gasteiger partial charge on any atom is -0.384 e. The lowest BCUT2D eigenvalue weighted by atomic mass is 9.85. The molecule has 0 bridgehead atoms. The van der Waals surface area contributed by atoms with Crippen molar-refractivity contribution in [3.63, 3.8) is 0 Å². The van der Waals surface area contributed by atoms with Crippen molar-refractivity contribution in [1.29, 1.82) is 5.41 Å². The number of nitrogen functional groups attached to an aromatic ring is 1. The smallest absolute Gasteiger partial charge is 0.136 e. The Bertz CT molecular complexity index is 427. The summed E-state index contributed by atoms with van der Waals surface area (Å²) >= 11 is 0. The number of halogens is 1. The maximum absolute atomic E-state index is 13.6. The van der Waals surface area contributed by atoms with E-state index in [9.17, 15) is 4.39 Å². The van der Waals surface area contributed by atoms with E-state index in [0.29, 0.717) is 11.6 Å². The Labute approximate surface area is 101 Å². The van der Waals surface area contributed by atoms with Crippen molar-refractivity contribution in [2.75, 3.05) is 18.5 Å². The van der Waals surface area contributed by atoms with Gasteiger partial charge in [-0.3, -0.25) is 5.41 Å². The summed E-state index contributed by atoms with van der Waals surface area (Å²) in [4.78, 5) is 2.00. The van der Waals surface area contributed by atoms with Crippen LogP contribution in [0, 0.1) is 17.1 Å². The molecule has 17 heavy (non-hydrogen) atoms. The summed E-state index contributed by atoms with van der Waals surface area (Å²) in [5.41, 5.74) is 6.38. The molecule has 4 heteroatoms. The van der Waals surface area contributed by atoms with Crippen molar-refractivity contribution in [2.24, 2.45) is 11.7 Å². The first-order chi connectivity index (χ1) is 8.09. The van der Waals surface area contributed by atoms with Crippen LogP contribution in [0.2, 0.25) is 0 Å². The molecular weight excluding hydrogens is 217 g/mol. The van der Waals surface area contributed by atoms with Gasteiger partial charge in [0.15, 0.2) is 0 Å². The van der Waals surface area contributed by atoms with Crippen molar-refractivity contribution in [2.45, 2.75) is 19.3 Å². The Hall–Kier alpha value is -1.58. The summed E-state index contributed by atoms with van der Waals surface area (Å²) < 4.78 is 13.6. The Morgan fingerprint density at radius 3 is 2.76 bits per heavy atom. The SMILES string of the molecule is CN(CC1CCC1)c1cccc(F)c1C(=N)N. The Balaban J connectivity index is 2.23. The van der Waals surface area contributed by atoms with E-state index in [1.807, 2.05) is 18.0 Å². The third kappa shape index (κ3) is 2.40. The van der Waals surface area contributed by atoms with Crippen molar-refractivity contribution < 1.29 is 4.39 Å². The molecule has 3 nitrogen and oxygen atoms in total. The van der Waals surface area contributed by atoms with E-state index in [-0.39, 0.29) is 11.4 Å².